The van der Waals surface area contributed by atoms with Crippen LogP contribution >= 0.6 is 12.6 Å². The number of thiol groups is 1. The van der Waals surface area contributed by atoms with Crippen molar-refractivity contribution in [3.8, 4) is 5.75 Å². The molecule has 0 aliphatic heterocycles. The summed E-state index contributed by atoms with van der Waals surface area (Å²) < 4.78 is 12.2. The Labute approximate surface area is 83.2 Å². The minimum Gasteiger partial charge on any atom is -0.488 e. The Hall–Kier alpha value is -0.680. The zero-order chi connectivity index (χ0) is 9.52. The van der Waals surface area contributed by atoms with Gasteiger partial charge in [0.05, 0.1) is 25.6 Å². The number of aryl methyl sites for hydroxylation is 1. The maximum Gasteiger partial charge on any atom is 0.157 e. The topological polar surface area (TPSA) is 36.3 Å². The summed E-state index contributed by atoms with van der Waals surface area (Å²) in [6.45, 7) is 1.81. The van der Waals surface area contributed by atoms with Crippen molar-refractivity contribution in [2.75, 3.05) is 25.6 Å². The summed E-state index contributed by atoms with van der Waals surface area (Å²) in [5.41, 5.74) is 0. The van der Waals surface area contributed by atoms with Crippen LogP contribution in [0.15, 0.2) is 12.4 Å². The Kier molecular flexibility index (Phi) is 4.70. The number of hydrogen-bond acceptors (Lipinski definition) is 4. The molecule has 1 aromatic rings. The molecular formula is C8H14N2O2S. The van der Waals surface area contributed by atoms with Crippen LogP contribution < -0.4 is 4.74 Å². The van der Waals surface area contributed by atoms with E-state index in [0.29, 0.717) is 19.8 Å². The van der Waals surface area contributed by atoms with E-state index in [-0.39, 0.29) is 0 Å². The molecule has 4 nitrogen and oxygen atoms in total. The van der Waals surface area contributed by atoms with Crippen LogP contribution in [0, 0.1) is 0 Å². The first-order valence-electron chi connectivity index (χ1n) is 4.13. The maximum atomic E-state index is 5.34. The molecule has 0 saturated carbocycles. The van der Waals surface area contributed by atoms with Crippen LogP contribution in [0.5, 0.6) is 5.75 Å². The Morgan fingerprint density at radius 2 is 2.31 bits per heavy atom. The normalized spacial score (nSPS) is 10.3. The summed E-state index contributed by atoms with van der Waals surface area (Å²) in [4.78, 5) is 0. The van der Waals surface area contributed by atoms with Crippen molar-refractivity contribution in [3.63, 3.8) is 0 Å². The second-order valence-electron chi connectivity index (χ2n) is 2.53. The molecule has 13 heavy (non-hydrogen) atoms. The fourth-order valence-electron chi connectivity index (χ4n) is 0.858. The summed E-state index contributed by atoms with van der Waals surface area (Å²) >= 11 is 4.02. The Balaban J connectivity index is 2.06. The number of hydrogen-bond donors (Lipinski definition) is 1. The average Bonchev–Trinajstić information content (AvgIpc) is 2.51. The second kappa shape index (κ2) is 5.88. The van der Waals surface area contributed by atoms with Gasteiger partial charge in [-0.25, -0.2) is 0 Å². The van der Waals surface area contributed by atoms with Crippen LogP contribution in [-0.4, -0.2) is 35.4 Å². The highest BCUT2D eigenvalue weighted by Gasteiger charge is 1.95. The van der Waals surface area contributed by atoms with Gasteiger partial charge in [-0.2, -0.15) is 17.7 Å². The largest absolute Gasteiger partial charge is 0.488 e. The first kappa shape index (κ1) is 10.4. The van der Waals surface area contributed by atoms with Crippen molar-refractivity contribution in [2.24, 2.45) is 7.05 Å². The van der Waals surface area contributed by atoms with E-state index >= 15 is 0 Å². The molecule has 0 amide bonds. The van der Waals surface area contributed by atoms with E-state index in [9.17, 15) is 0 Å². The molecule has 0 N–H and O–H groups in total. The van der Waals surface area contributed by atoms with E-state index in [1.807, 2.05) is 13.2 Å². The van der Waals surface area contributed by atoms with Gasteiger partial charge in [0.1, 0.15) is 6.61 Å². The molecule has 0 saturated heterocycles. The smallest absolute Gasteiger partial charge is 0.157 e. The molecule has 1 heterocycles. The summed E-state index contributed by atoms with van der Waals surface area (Å²) in [7, 11) is 1.85. The van der Waals surface area contributed by atoms with Crippen LogP contribution in [0.4, 0.5) is 0 Å². The van der Waals surface area contributed by atoms with E-state index in [1.54, 1.807) is 10.9 Å². The molecule has 0 aliphatic carbocycles. The first-order chi connectivity index (χ1) is 6.33. The third-order valence-corrected chi connectivity index (χ3v) is 1.60. The van der Waals surface area contributed by atoms with Gasteiger partial charge in [-0.1, -0.05) is 0 Å². The first-order valence-corrected chi connectivity index (χ1v) is 4.76. The highest BCUT2D eigenvalue weighted by atomic mass is 32.1. The van der Waals surface area contributed by atoms with Crippen molar-refractivity contribution in [3.05, 3.63) is 12.4 Å². The highest BCUT2D eigenvalue weighted by Crippen LogP contribution is 2.05. The zero-order valence-electron chi connectivity index (χ0n) is 7.64. The van der Waals surface area contributed by atoms with Gasteiger partial charge in [0.15, 0.2) is 5.75 Å². The van der Waals surface area contributed by atoms with Crippen molar-refractivity contribution in [1.29, 1.82) is 0 Å². The van der Waals surface area contributed by atoms with Crippen LogP contribution in [-0.2, 0) is 11.8 Å². The number of ether oxygens (including phenoxy) is 2. The van der Waals surface area contributed by atoms with Crippen LogP contribution in [0.25, 0.3) is 0 Å². The minimum atomic E-state index is 0.555. The van der Waals surface area contributed by atoms with E-state index in [4.69, 9.17) is 9.47 Å². The molecule has 0 fully saturated rings. The molecule has 0 spiro atoms. The fraction of sp³-hybridized carbons (Fsp3) is 0.625. The van der Waals surface area contributed by atoms with Gasteiger partial charge >= 0.3 is 0 Å². The van der Waals surface area contributed by atoms with Crippen LogP contribution in [0.1, 0.15) is 0 Å². The molecule has 74 valence electrons. The third kappa shape index (κ3) is 4.19. The Morgan fingerprint density at radius 3 is 2.92 bits per heavy atom. The predicted molar refractivity (Wildman–Crippen MR) is 53.4 cm³/mol. The lowest BCUT2D eigenvalue weighted by molar-refractivity contribution is 0.112. The van der Waals surface area contributed by atoms with Crippen molar-refractivity contribution in [1.82, 2.24) is 9.78 Å². The maximum absolute atomic E-state index is 5.34. The number of rotatable bonds is 6. The van der Waals surface area contributed by atoms with Gasteiger partial charge < -0.3 is 9.47 Å². The number of aromatic nitrogens is 2. The van der Waals surface area contributed by atoms with Crippen molar-refractivity contribution in [2.45, 2.75) is 0 Å². The van der Waals surface area contributed by atoms with E-state index in [0.717, 1.165) is 11.5 Å². The van der Waals surface area contributed by atoms with Gasteiger partial charge in [0, 0.05) is 12.8 Å². The lowest BCUT2D eigenvalue weighted by atomic mass is 10.6. The van der Waals surface area contributed by atoms with E-state index in [1.165, 1.54) is 0 Å². The summed E-state index contributed by atoms with van der Waals surface area (Å²) in [6, 6.07) is 0. The number of nitrogens with zero attached hydrogens (tertiary/aromatic N) is 2. The van der Waals surface area contributed by atoms with Gasteiger partial charge in [-0.05, 0) is 0 Å². The SMILES string of the molecule is Cn1cc(OCCOCCS)cn1. The molecule has 1 rings (SSSR count). The molecule has 0 atom stereocenters. The third-order valence-electron chi connectivity index (χ3n) is 1.41. The molecule has 0 aliphatic rings. The van der Waals surface area contributed by atoms with Crippen LogP contribution in [0.3, 0.4) is 0 Å². The molecule has 1 aromatic heterocycles. The summed E-state index contributed by atoms with van der Waals surface area (Å²) in [6.07, 6.45) is 3.50. The monoisotopic (exact) mass is 202 g/mol. The van der Waals surface area contributed by atoms with Crippen molar-refractivity contribution >= 4 is 12.6 Å². The summed E-state index contributed by atoms with van der Waals surface area (Å²) in [5, 5.41) is 3.97. The Morgan fingerprint density at radius 1 is 1.46 bits per heavy atom. The molecule has 5 heteroatoms. The molecular weight excluding hydrogens is 188 g/mol. The van der Waals surface area contributed by atoms with E-state index in [2.05, 4.69) is 17.7 Å². The van der Waals surface area contributed by atoms with Crippen LogP contribution in [0.2, 0.25) is 0 Å². The molecule has 0 radical (unpaired) electrons. The fourth-order valence-corrected chi connectivity index (χ4v) is 0.987. The second-order valence-corrected chi connectivity index (χ2v) is 2.98. The molecule has 0 unspecified atom stereocenters. The predicted octanol–water partition coefficient (Wildman–Crippen LogP) is 0.745. The highest BCUT2D eigenvalue weighted by molar-refractivity contribution is 7.80. The van der Waals surface area contributed by atoms with E-state index < -0.39 is 0 Å². The minimum absolute atomic E-state index is 0.555. The summed E-state index contributed by atoms with van der Waals surface area (Å²) in [5.74, 6) is 1.52. The Bertz CT molecular complexity index is 240. The van der Waals surface area contributed by atoms with Gasteiger partial charge in [-0.3, -0.25) is 4.68 Å². The molecule has 0 bridgehead atoms. The van der Waals surface area contributed by atoms with Gasteiger partial charge in [-0.15, -0.1) is 0 Å². The zero-order valence-corrected chi connectivity index (χ0v) is 8.54. The van der Waals surface area contributed by atoms with Crippen molar-refractivity contribution < 1.29 is 9.47 Å². The van der Waals surface area contributed by atoms with Gasteiger partial charge in [0.25, 0.3) is 0 Å². The molecule has 0 aromatic carbocycles. The van der Waals surface area contributed by atoms with Gasteiger partial charge in [0.2, 0.25) is 0 Å². The average molecular weight is 202 g/mol. The quantitative estimate of drug-likeness (QED) is 0.546. The standard InChI is InChI=1S/C8H14N2O2S/c1-10-7-8(6-9-10)12-3-2-11-4-5-13/h6-7,13H,2-5H2,1H3. The lowest BCUT2D eigenvalue weighted by Crippen LogP contribution is -2.07. The lowest BCUT2D eigenvalue weighted by Gasteiger charge is -2.03.